The third-order valence-corrected chi connectivity index (χ3v) is 5.50. The number of carbonyl (C=O) groups excluding carboxylic acids is 1. The molecule has 126 valence electrons. The second-order valence-corrected chi connectivity index (χ2v) is 7.23. The van der Waals surface area contributed by atoms with Gasteiger partial charge >= 0.3 is 0 Å². The highest BCUT2D eigenvalue weighted by molar-refractivity contribution is 7.16. The Hall–Kier alpha value is -2.48. The molecule has 4 aromatic rings. The van der Waals surface area contributed by atoms with Crippen molar-refractivity contribution in [3.05, 3.63) is 75.8 Å². The second kappa shape index (κ2) is 6.44. The van der Waals surface area contributed by atoms with Crippen molar-refractivity contribution < 1.29 is 14.3 Å². The number of carbonyl (C=O) groups is 1. The molecule has 0 aliphatic heterocycles. The molecule has 1 unspecified atom stereocenters. The standard InChI is InChI=1S/C18H14N2O3S2/c21-17(12-3-4-14-15(8-12)25-11-20-14)19-10-18(22,13-5-7-24-9-13)16-2-1-6-23-16/h1-9,11,22H,10H2,(H,19,21). The van der Waals surface area contributed by atoms with Crippen LogP contribution in [0.15, 0.2) is 63.3 Å². The summed E-state index contributed by atoms with van der Waals surface area (Å²) >= 11 is 2.96. The number of amides is 1. The van der Waals surface area contributed by atoms with Crippen LogP contribution in [0.3, 0.4) is 0 Å². The summed E-state index contributed by atoms with van der Waals surface area (Å²) in [4.78, 5) is 16.7. The number of rotatable bonds is 5. The Kier molecular flexibility index (Phi) is 4.12. The highest BCUT2D eigenvalue weighted by Crippen LogP contribution is 2.31. The van der Waals surface area contributed by atoms with Crippen LogP contribution in [0.1, 0.15) is 21.7 Å². The van der Waals surface area contributed by atoms with Crippen LogP contribution in [0.5, 0.6) is 0 Å². The minimum Gasteiger partial charge on any atom is -0.466 e. The molecule has 0 aliphatic carbocycles. The summed E-state index contributed by atoms with van der Waals surface area (Å²) in [6.45, 7) is 0.0107. The van der Waals surface area contributed by atoms with Crippen LogP contribution in [0, 0.1) is 0 Å². The van der Waals surface area contributed by atoms with Gasteiger partial charge in [0, 0.05) is 11.1 Å². The highest BCUT2D eigenvalue weighted by Gasteiger charge is 2.35. The van der Waals surface area contributed by atoms with Crippen LogP contribution in [0.25, 0.3) is 10.2 Å². The molecule has 1 amide bonds. The van der Waals surface area contributed by atoms with Crippen LogP contribution in [0.4, 0.5) is 0 Å². The molecule has 1 atom stereocenters. The predicted octanol–water partition coefficient (Wildman–Crippen LogP) is 3.62. The summed E-state index contributed by atoms with van der Waals surface area (Å²) in [6.07, 6.45) is 1.51. The average molecular weight is 370 g/mol. The molecule has 25 heavy (non-hydrogen) atoms. The first-order valence-corrected chi connectivity index (χ1v) is 9.39. The van der Waals surface area contributed by atoms with E-state index in [4.69, 9.17) is 4.42 Å². The Morgan fingerprint density at radius 3 is 3.00 bits per heavy atom. The summed E-state index contributed by atoms with van der Waals surface area (Å²) < 4.78 is 6.36. The number of furan rings is 1. The quantitative estimate of drug-likeness (QED) is 0.563. The topological polar surface area (TPSA) is 75.4 Å². The van der Waals surface area contributed by atoms with Crippen LogP contribution in [-0.2, 0) is 5.60 Å². The summed E-state index contributed by atoms with van der Waals surface area (Å²) in [5.41, 5.74) is 2.42. The van der Waals surface area contributed by atoms with Crippen molar-refractivity contribution in [2.45, 2.75) is 5.60 Å². The Morgan fingerprint density at radius 1 is 1.32 bits per heavy atom. The van der Waals surface area contributed by atoms with E-state index in [9.17, 15) is 9.90 Å². The van der Waals surface area contributed by atoms with Gasteiger partial charge in [-0.15, -0.1) is 11.3 Å². The van der Waals surface area contributed by atoms with Crippen molar-refractivity contribution in [3.63, 3.8) is 0 Å². The lowest BCUT2D eigenvalue weighted by Crippen LogP contribution is -2.41. The number of benzene rings is 1. The number of nitrogens with zero attached hydrogens (tertiary/aromatic N) is 1. The summed E-state index contributed by atoms with van der Waals surface area (Å²) in [7, 11) is 0. The third kappa shape index (κ3) is 2.97. The number of fused-ring (bicyclic) bond motifs is 1. The number of thiazole rings is 1. The van der Waals surface area contributed by atoms with Crippen LogP contribution < -0.4 is 5.32 Å². The number of thiophene rings is 1. The fourth-order valence-corrected chi connectivity index (χ4v) is 4.09. The molecule has 0 aliphatic rings. The third-order valence-electron chi connectivity index (χ3n) is 4.03. The van der Waals surface area contributed by atoms with Crippen LogP contribution in [0.2, 0.25) is 0 Å². The summed E-state index contributed by atoms with van der Waals surface area (Å²) in [5.74, 6) is 0.139. The minimum atomic E-state index is -1.41. The predicted molar refractivity (Wildman–Crippen MR) is 98.0 cm³/mol. The highest BCUT2D eigenvalue weighted by atomic mass is 32.1. The van der Waals surface area contributed by atoms with Gasteiger partial charge in [0.15, 0.2) is 5.60 Å². The fourth-order valence-electron chi connectivity index (χ4n) is 2.65. The molecular formula is C18H14N2O3S2. The van der Waals surface area contributed by atoms with Gasteiger partial charge in [-0.3, -0.25) is 4.79 Å². The van der Waals surface area contributed by atoms with Gasteiger partial charge in [0.1, 0.15) is 5.76 Å². The maximum atomic E-state index is 12.5. The Balaban J connectivity index is 1.58. The molecule has 0 saturated heterocycles. The molecule has 0 spiro atoms. The molecule has 0 fully saturated rings. The van der Waals surface area contributed by atoms with Crippen molar-refractivity contribution in [1.82, 2.24) is 10.3 Å². The van der Waals surface area contributed by atoms with E-state index < -0.39 is 5.60 Å². The van der Waals surface area contributed by atoms with Gasteiger partial charge in [-0.05, 0) is 47.2 Å². The number of aromatic nitrogens is 1. The number of hydrogen-bond acceptors (Lipinski definition) is 6. The first kappa shape index (κ1) is 16.0. The van der Waals surface area contributed by atoms with Crippen molar-refractivity contribution in [3.8, 4) is 0 Å². The molecular weight excluding hydrogens is 356 g/mol. The molecule has 3 heterocycles. The van der Waals surface area contributed by atoms with E-state index in [1.807, 2.05) is 22.9 Å². The normalized spacial score (nSPS) is 13.6. The molecule has 0 bridgehead atoms. The molecule has 2 N–H and O–H groups in total. The first-order valence-electron chi connectivity index (χ1n) is 7.57. The zero-order valence-electron chi connectivity index (χ0n) is 13.0. The molecule has 0 saturated carbocycles. The largest absolute Gasteiger partial charge is 0.466 e. The van der Waals surface area contributed by atoms with Crippen molar-refractivity contribution in [2.75, 3.05) is 6.54 Å². The summed E-state index contributed by atoms with van der Waals surface area (Å²) in [5, 5.41) is 17.7. The van der Waals surface area contributed by atoms with Gasteiger partial charge in [0.25, 0.3) is 5.91 Å². The van der Waals surface area contributed by atoms with Gasteiger partial charge < -0.3 is 14.8 Å². The van der Waals surface area contributed by atoms with Gasteiger partial charge in [0.2, 0.25) is 0 Å². The van der Waals surface area contributed by atoms with E-state index in [2.05, 4.69) is 10.3 Å². The van der Waals surface area contributed by atoms with Gasteiger partial charge in [-0.2, -0.15) is 11.3 Å². The van der Waals surface area contributed by atoms with E-state index in [-0.39, 0.29) is 12.5 Å². The lowest BCUT2D eigenvalue weighted by molar-refractivity contribution is 0.0529. The molecule has 4 rings (SSSR count). The minimum absolute atomic E-state index is 0.0107. The van der Waals surface area contributed by atoms with Crippen molar-refractivity contribution >= 4 is 38.8 Å². The number of hydrogen-bond donors (Lipinski definition) is 2. The Bertz CT molecular complexity index is 956. The molecule has 0 radical (unpaired) electrons. The van der Waals surface area contributed by atoms with E-state index in [0.717, 1.165) is 10.2 Å². The lowest BCUT2D eigenvalue weighted by atomic mass is 9.93. The van der Waals surface area contributed by atoms with E-state index in [1.54, 1.807) is 29.8 Å². The molecule has 5 nitrogen and oxygen atoms in total. The molecule has 1 aromatic carbocycles. The van der Waals surface area contributed by atoms with Crippen LogP contribution >= 0.6 is 22.7 Å². The lowest BCUT2D eigenvalue weighted by Gasteiger charge is -2.25. The zero-order chi connectivity index (χ0) is 17.3. The second-order valence-electron chi connectivity index (χ2n) is 5.57. The van der Waals surface area contributed by atoms with Gasteiger partial charge in [-0.1, -0.05) is 0 Å². The SMILES string of the molecule is O=C(NCC(O)(c1ccsc1)c1ccco1)c1ccc2ncsc2c1. The fraction of sp³-hybridized carbons (Fsp3) is 0.111. The maximum Gasteiger partial charge on any atom is 0.251 e. The van der Waals surface area contributed by atoms with Gasteiger partial charge in [-0.25, -0.2) is 4.98 Å². The van der Waals surface area contributed by atoms with Crippen LogP contribution in [-0.4, -0.2) is 22.5 Å². The Morgan fingerprint density at radius 2 is 2.24 bits per heavy atom. The van der Waals surface area contributed by atoms with Crippen molar-refractivity contribution in [2.24, 2.45) is 0 Å². The average Bonchev–Trinajstić information content (AvgIpc) is 3.40. The molecule has 7 heteroatoms. The molecule has 3 aromatic heterocycles. The zero-order valence-corrected chi connectivity index (χ0v) is 14.6. The maximum absolute atomic E-state index is 12.5. The first-order chi connectivity index (χ1) is 12.2. The summed E-state index contributed by atoms with van der Waals surface area (Å²) in [6, 6.07) is 10.6. The smallest absolute Gasteiger partial charge is 0.251 e. The monoisotopic (exact) mass is 370 g/mol. The Labute approximate surface area is 151 Å². The van der Waals surface area contributed by atoms with Crippen molar-refractivity contribution in [1.29, 1.82) is 0 Å². The van der Waals surface area contributed by atoms with E-state index in [0.29, 0.717) is 16.9 Å². The van der Waals surface area contributed by atoms with Gasteiger partial charge in [0.05, 0.1) is 28.5 Å². The van der Waals surface area contributed by atoms with E-state index in [1.165, 1.54) is 28.9 Å². The van der Waals surface area contributed by atoms with E-state index >= 15 is 0 Å². The number of aliphatic hydroxyl groups is 1. The number of nitrogens with one attached hydrogen (secondary N) is 1.